The highest BCUT2D eigenvalue weighted by atomic mass is 16.2. The first kappa shape index (κ1) is 17.7. The van der Waals surface area contributed by atoms with Gasteiger partial charge in [-0.3, -0.25) is 19.3 Å². The van der Waals surface area contributed by atoms with E-state index in [1.807, 2.05) is 18.2 Å². The number of aryl methyl sites for hydroxylation is 1. The van der Waals surface area contributed by atoms with Crippen molar-refractivity contribution in [1.29, 1.82) is 0 Å². The van der Waals surface area contributed by atoms with Gasteiger partial charge in [0, 0.05) is 6.04 Å². The molecule has 142 valence electrons. The van der Waals surface area contributed by atoms with Crippen LogP contribution in [0.25, 0.3) is 0 Å². The second-order valence-electron chi connectivity index (χ2n) is 7.50. The predicted molar refractivity (Wildman–Crippen MR) is 96.5 cm³/mol. The van der Waals surface area contributed by atoms with Crippen LogP contribution in [0.3, 0.4) is 0 Å². The number of benzene rings is 1. The normalized spacial score (nSPS) is 23.1. The molecule has 1 saturated carbocycles. The maximum Gasteiger partial charge on any atom is 0.334 e. The average Bonchev–Trinajstić information content (AvgIpc) is 3.26. The highest BCUT2D eigenvalue weighted by Gasteiger charge is 2.48. The molecule has 7 heteroatoms. The number of hydrogen-bond donors (Lipinski definition) is 1. The molecule has 1 N–H and O–H groups in total. The summed E-state index contributed by atoms with van der Waals surface area (Å²) in [7, 11) is 0. The average molecular weight is 369 g/mol. The molecule has 5 amide bonds. The summed E-state index contributed by atoms with van der Waals surface area (Å²) in [4.78, 5) is 51.4. The molecule has 0 spiro atoms. The Morgan fingerprint density at radius 1 is 1.00 bits per heavy atom. The van der Waals surface area contributed by atoms with Gasteiger partial charge in [0.25, 0.3) is 0 Å². The summed E-state index contributed by atoms with van der Waals surface area (Å²) in [5, 5.41) is 2.93. The maximum absolute atomic E-state index is 12.6. The van der Waals surface area contributed by atoms with Crippen molar-refractivity contribution in [2.45, 2.75) is 57.0 Å². The van der Waals surface area contributed by atoms with Gasteiger partial charge in [-0.2, -0.15) is 0 Å². The van der Waals surface area contributed by atoms with E-state index in [1.165, 1.54) is 5.56 Å². The third-order valence-corrected chi connectivity index (χ3v) is 5.78. The van der Waals surface area contributed by atoms with Crippen LogP contribution in [0, 0.1) is 0 Å². The fourth-order valence-electron chi connectivity index (χ4n) is 4.43. The minimum Gasteiger partial charge on any atom is -0.348 e. The van der Waals surface area contributed by atoms with E-state index < -0.39 is 30.3 Å². The molecule has 1 aromatic rings. The smallest absolute Gasteiger partial charge is 0.334 e. The van der Waals surface area contributed by atoms with Crippen molar-refractivity contribution in [3.63, 3.8) is 0 Å². The van der Waals surface area contributed by atoms with E-state index in [2.05, 4.69) is 11.4 Å². The van der Waals surface area contributed by atoms with Crippen LogP contribution in [0.2, 0.25) is 0 Å². The Morgan fingerprint density at radius 2 is 1.74 bits per heavy atom. The molecular weight excluding hydrogens is 346 g/mol. The third kappa shape index (κ3) is 3.22. The van der Waals surface area contributed by atoms with Crippen molar-refractivity contribution in [3.05, 3.63) is 35.4 Å². The molecule has 7 nitrogen and oxygen atoms in total. The van der Waals surface area contributed by atoms with Crippen LogP contribution >= 0.6 is 0 Å². The van der Waals surface area contributed by atoms with Crippen LogP contribution in [0.1, 0.15) is 55.7 Å². The SMILES string of the molecule is O=C(CN1C(=O)C(=O)N(C2CCCC2)C1=O)NC1CCCc2ccccc21. The van der Waals surface area contributed by atoms with E-state index in [0.29, 0.717) is 0 Å². The van der Waals surface area contributed by atoms with Crippen LogP contribution in [0.5, 0.6) is 0 Å². The molecule has 27 heavy (non-hydrogen) atoms. The van der Waals surface area contributed by atoms with Crippen molar-refractivity contribution < 1.29 is 19.2 Å². The molecule has 1 atom stereocenters. The maximum atomic E-state index is 12.6. The number of carbonyl (C=O) groups excluding carboxylic acids is 4. The lowest BCUT2D eigenvalue weighted by Gasteiger charge is -2.27. The number of fused-ring (bicyclic) bond motifs is 1. The first-order valence-electron chi connectivity index (χ1n) is 9.62. The van der Waals surface area contributed by atoms with Crippen LogP contribution in [0.15, 0.2) is 24.3 Å². The summed E-state index contributed by atoms with van der Waals surface area (Å²) in [5.41, 5.74) is 2.30. The van der Waals surface area contributed by atoms with Crippen molar-refractivity contribution >= 4 is 23.8 Å². The molecule has 2 fully saturated rings. The van der Waals surface area contributed by atoms with Crippen LogP contribution in [0.4, 0.5) is 4.79 Å². The van der Waals surface area contributed by atoms with Gasteiger partial charge < -0.3 is 5.32 Å². The van der Waals surface area contributed by atoms with E-state index in [1.54, 1.807) is 0 Å². The Morgan fingerprint density at radius 3 is 2.52 bits per heavy atom. The summed E-state index contributed by atoms with van der Waals surface area (Å²) in [5.74, 6) is -2.12. The standard InChI is InChI=1S/C20H23N3O4/c24-17(21-16-11-5-7-13-6-1-4-10-15(13)16)12-22-18(25)19(26)23(20(22)27)14-8-2-3-9-14/h1,4,6,10,14,16H,2-3,5,7-9,11-12H2,(H,21,24). The van der Waals surface area contributed by atoms with Crippen LogP contribution in [-0.2, 0) is 20.8 Å². The highest BCUT2D eigenvalue weighted by molar-refractivity contribution is 6.45. The summed E-state index contributed by atoms with van der Waals surface area (Å²) in [6.45, 7) is -0.411. The molecule has 0 bridgehead atoms. The number of nitrogens with zero attached hydrogens (tertiary/aromatic N) is 2. The molecule has 1 saturated heterocycles. The number of amides is 5. The monoisotopic (exact) mass is 369 g/mol. The number of hydrogen-bond acceptors (Lipinski definition) is 4. The summed E-state index contributed by atoms with van der Waals surface area (Å²) in [6.07, 6.45) is 6.11. The Labute approximate surface area is 157 Å². The van der Waals surface area contributed by atoms with Gasteiger partial charge >= 0.3 is 17.8 Å². The number of imide groups is 2. The Kier molecular flexibility index (Phi) is 4.68. The zero-order valence-corrected chi connectivity index (χ0v) is 15.1. The molecule has 1 aromatic carbocycles. The number of urea groups is 1. The van der Waals surface area contributed by atoms with Crippen molar-refractivity contribution in [1.82, 2.24) is 15.1 Å². The molecule has 1 unspecified atom stereocenters. The van der Waals surface area contributed by atoms with Gasteiger partial charge in [-0.25, -0.2) is 9.69 Å². The second-order valence-corrected chi connectivity index (χ2v) is 7.50. The molecule has 3 aliphatic rings. The van der Waals surface area contributed by atoms with E-state index in [-0.39, 0.29) is 12.1 Å². The minimum atomic E-state index is -0.897. The Bertz CT molecular complexity index is 800. The fourth-order valence-corrected chi connectivity index (χ4v) is 4.43. The summed E-state index contributed by atoms with van der Waals surface area (Å²) in [6, 6.07) is 6.97. The zero-order valence-electron chi connectivity index (χ0n) is 15.1. The molecule has 4 rings (SSSR count). The highest BCUT2D eigenvalue weighted by Crippen LogP contribution is 2.30. The van der Waals surface area contributed by atoms with Crippen LogP contribution < -0.4 is 5.32 Å². The van der Waals surface area contributed by atoms with Gasteiger partial charge in [-0.15, -0.1) is 0 Å². The molecule has 0 radical (unpaired) electrons. The fraction of sp³-hybridized carbons (Fsp3) is 0.500. The summed E-state index contributed by atoms with van der Waals surface area (Å²) >= 11 is 0. The molecule has 2 aliphatic carbocycles. The number of nitrogens with one attached hydrogen (secondary N) is 1. The second kappa shape index (κ2) is 7.13. The van der Waals surface area contributed by atoms with Gasteiger partial charge in [-0.1, -0.05) is 37.1 Å². The van der Waals surface area contributed by atoms with Gasteiger partial charge in [0.1, 0.15) is 6.54 Å². The predicted octanol–water partition coefficient (Wildman–Crippen LogP) is 1.91. The van der Waals surface area contributed by atoms with E-state index >= 15 is 0 Å². The number of rotatable bonds is 4. The van der Waals surface area contributed by atoms with Crippen molar-refractivity contribution in [2.75, 3.05) is 6.54 Å². The van der Waals surface area contributed by atoms with Gasteiger partial charge in [0.2, 0.25) is 5.91 Å². The first-order valence-corrected chi connectivity index (χ1v) is 9.62. The third-order valence-electron chi connectivity index (χ3n) is 5.78. The van der Waals surface area contributed by atoms with Crippen molar-refractivity contribution in [2.24, 2.45) is 0 Å². The Hall–Kier alpha value is -2.70. The lowest BCUT2D eigenvalue weighted by molar-refractivity contribution is -0.144. The van der Waals surface area contributed by atoms with Gasteiger partial charge in [0.05, 0.1) is 6.04 Å². The van der Waals surface area contributed by atoms with Gasteiger partial charge in [-0.05, 0) is 43.2 Å². The lowest BCUT2D eigenvalue weighted by atomic mass is 9.88. The molecule has 1 heterocycles. The topological polar surface area (TPSA) is 86.8 Å². The lowest BCUT2D eigenvalue weighted by Crippen LogP contribution is -2.44. The quantitative estimate of drug-likeness (QED) is 0.649. The Balaban J connectivity index is 1.43. The molecular formula is C20H23N3O4. The summed E-state index contributed by atoms with van der Waals surface area (Å²) < 4.78 is 0. The van der Waals surface area contributed by atoms with E-state index in [4.69, 9.17) is 0 Å². The van der Waals surface area contributed by atoms with Gasteiger partial charge in [0.15, 0.2) is 0 Å². The van der Waals surface area contributed by atoms with Crippen LogP contribution in [-0.4, -0.2) is 46.1 Å². The van der Waals surface area contributed by atoms with E-state index in [0.717, 1.165) is 60.3 Å². The molecule has 1 aliphatic heterocycles. The van der Waals surface area contributed by atoms with Crippen molar-refractivity contribution in [3.8, 4) is 0 Å². The minimum absolute atomic E-state index is 0.128. The zero-order chi connectivity index (χ0) is 19.0. The largest absolute Gasteiger partial charge is 0.348 e. The first-order chi connectivity index (χ1) is 13.1. The number of carbonyl (C=O) groups is 4. The van der Waals surface area contributed by atoms with E-state index in [9.17, 15) is 19.2 Å². The molecule has 0 aromatic heterocycles.